The van der Waals surface area contributed by atoms with Gasteiger partial charge in [0, 0.05) is 12.8 Å². The summed E-state index contributed by atoms with van der Waals surface area (Å²) >= 11 is 0. The first-order valence-electron chi connectivity index (χ1n) is 26.7. The third-order valence-electron chi connectivity index (χ3n) is 12.1. The molecule has 62 heavy (non-hydrogen) atoms. The number of carbonyl (C=O) groups is 2. The Labute approximate surface area is 384 Å². The van der Waals surface area contributed by atoms with E-state index in [2.05, 4.69) is 13.8 Å². The van der Waals surface area contributed by atoms with E-state index in [-0.39, 0.29) is 32.0 Å². The molecular weight excluding hydrogens is 798 g/mol. The molecule has 0 spiro atoms. The molecule has 0 fully saturated rings. The van der Waals surface area contributed by atoms with Gasteiger partial charge in [-0.15, -0.1) is 0 Å². The minimum absolute atomic E-state index is 0.0253. The Morgan fingerprint density at radius 1 is 0.435 bits per heavy atom. The highest BCUT2D eigenvalue weighted by atomic mass is 31.2. The van der Waals surface area contributed by atoms with Gasteiger partial charge in [-0.05, 0) is 12.8 Å². The predicted octanol–water partition coefficient (Wildman–Crippen LogP) is 15.3. The molecule has 0 aromatic carbocycles. The fourth-order valence-electron chi connectivity index (χ4n) is 7.95. The summed E-state index contributed by atoms with van der Waals surface area (Å²) in [6.07, 6.45) is 48.5. The van der Waals surface area contributed by atoms with Crippen LogP contribution in [-0.2, 0) is 32.7 Å². The van der Waals surface area contributed by atoms with Crippen LogP contribution in [0, 0.1) is 0 Å². The van der Waals surface area contributed by atoms with Crippen molar-refractivity contribution in [2.75, 3.05) is 47.5 Å². The molecule has 0 saturated heterocycles. The van der Waals surface area contributed by atoms with Crippen molar-refractivity contribution < 1.29 is 42.1 Å². The standard InChI is InChI=1S/C52H104NO8P/c1-6-8-10-12-14-16-18-20-22-24-25-26-27-28-29-31-32-34-36-38-40-42-44-51(54)58-48-50(49-60-62(56,57)59-47-46-53(3,4)5)61-52(55)45-43-41-39-37-35-33-30-23-21-19-17-15-13-11-9-7-2/h50H,6-49H2,1-5H3/t50-/m1/s1. The molecule has 0 aliphatic heterocycles. The number of quaternary nitrogens is 1. The Hall–Kier alpha value is -0.990. The molecule has 0 aromatic rings. The van der Waals surface area contributed by atoms with Gasteiger partial charge in [0.2, 0.25) is 0 Å². The fraction of sp³-hybridized carbons (Fsp3) is 0.962. The second-order valence-electron chi connectivity index (χ2n) is 19.6. The van der Waals surface area contributed by atoms with Crippen LogP contribution in [0.15, 0.2) is 0 Å². The number of hydrogen-bond acceptors (Lipinski definition) is 8. The molecular formula is C52H104NO8P. The monoisotopic (exact) mass is 902 g/mol. The van der Waals surface area contributed by atoms with Crippen LogP contribution in [-0.4, -0.2) is 70.0 Å². The van der Waals surface area contributed by atoms with Gasteiger partial charge in [0.05, 0.1) is 27.7 Å². The second-order valence-corrected chi connectivity index (χ2v) is 21.0. The maximum atomic E-state index is 12.7. The zero-order valence-corrected chi connectivity index (χ0v) is 42.7. The van der Waals surface area contributed by atoms with Gasteiger partial charge in [-0.25, -0.2) is 0 Å². The average molecular weight is 902 g/mol. The van der Waals surface area contributed by atoms with Crippen molar-refractivity contribution in [1.82, 2.24) is 0 Å². The number of phosphoric acid groups is 1. The number of ether oxygens (including phenoxy) is 2. The average Bonchev–Trinajstić information content (AvgIpc) is 3.23. The Kier molecular flexibility index (Phi) is 44.5. The molecule has 9 nitrogen and oxygen atoms in total. The van der Waals surface area contributed by atoms with E-state index in [1.165, 1.54) is 205 Å². The van der Waals surface area contributed by atoms with Crippen molar-refractivity contribution in [2.45, 2.75) is 277 Å². The summed E-state index contributed by atoms with van der Waals surface area (Å²) in [7, 11) is 1.19. The number of nitrogens with zero attached hydrogens (tertiary/aromatic N) is 1. The third-order valence-corrected chi connectivity index (χ3v) is 13.1. The number of unbranched alkanes of at least 4 members (excludes halogenated alkanes) is 36. The molecule has 2 atom stereocenters. The van der Waals surface area contributed by atoms with E-state index in [1.807, 2.05) is 21.1 Å². The zero-order chi connectivity index (χ0) is 45.7. The van der Waals surface area contributed by atoms with Gasteiger partial charge in [-0.3, -0.25) is 14.2 Å². The SMILES string of the molecule is CCCCCCCCCCCCCCCCCCCCCCCCC(=O)OC[C@H](COP(=O)([O-])OCC[N+](C)(C)C)OC(=O)CCCCCCCCCCCCCCCCCC. The van der Waals surface area contributed by atoms with Gasteiger partial charge in [0.15, 0.2) is 6.10 Å². The lowest BCUT2D eigenvalue weighted by Crippen LogP contribution is -2.37. The highest BCUT2D eigenvalue weighted by Gasteiger charge is 2.21. The number of hydrogen-bond donors (Lipinski definition) is 0. The molecule has 0 radical (unpaired) electrons. The first-order chi connectivity index (χ1) is 30.0. The number of carbonyl (C=O) groups excluding carboxylic acids is 2. The lowest BCUT2D eigenvalue weighted by atomic mass is 10.0. The molecule has 0 saturated carbocycles. The molecule has 0 aliphatic carbocycles. The number of esters is 2. The van der Waals surface area contributed by atoms with Crippen LogP contribution in [0.4, 0.5) is 0 Å². The first kappa shape index (κ1) is 61.0. The van der Waals surface area contributed by atoms with Gasteiger partial charge in [0.25, 0.3) is 7.82 Å². The van der Waals surface area contributed by atoms with Crippen molar-refractivity contribution >= 4 is 19.8 Å². The Bertz CT molecular complexity index is 1020. The van der Waals surface area contributed by atoms with E-state index in [0.717, 1.165) is 32.1 Å². The summed E-state index contributed by atoms with van der Waals surface area (Å²) in [6, 6.07) is 0. The van der Waals surface area contributed by atoms with Gasteiger partial charge in [-0.1, -0.05) is 245 Å². The van der Waals surface area contributed by atoms with Crippen LogP contribution >= 0.6 is 7.82 Å². The number of likely N-dealkylation sites (N-methyl/N-ethyl adjacent to an activating group) is 1. The summed E-state index contributed by atoms with van der Waals surface area (Å²) in [5.41, 5.74) is 0. The minimum atomic E-state index is -4.62. The maximum absolute atomic E-state index is 12.7. The van der Waals surface area contributed by atoms with E-state index in [4.69, 9.17) is 18.5 Å². The minimum Gasteiger partial charge on any atom is -0.756 e. The molecule has 0 rings (SSSR count). The molecule has 10 heteroatoms. The highest BCUT2D eigenvalue weighted by Crippen LogP contribution is 2.38. The molecule has 0 aromatic heterocycles. The zero-order valence-electron chi connectivity index (χ0n) is 41.9. The van der Waals surface area contributed by atoms with Gasteiger partial charge in [-0.2, -0.15) is 0 Å². The summed E-state index contributed by atoms with van der Waals surface area (Å²) < 4.78 is 34.1. The van der Waals surface area contributed by atoms with Crippen LogP contribution < -0.4 is 4.89 Å². The summed E-state index contributed by atoms with van der Waals surface area (Å²) in [5.74, 6) is -0.812. The van der Waals surface area contributed by atoms with E-state index in [1.54, 1.807) is 0 Å². The van der Waals surface area contributed by atoms with Crippen LogP contribution in [0.2, 0.25) is 0 Å². The quantitative estimate of drug-likeness (QED) is 0.0257. The van der Waals surface area contributed by atoms with Crippen LogP contribution in [0.25, 0.3) is 0 Å². The predicted molar refractivity (Wildman–Crippen MR) is 259 cm³/mol. The van der Waals surface area contributed by atoms with Gasteiger partial charge in [0.1, 0.15) is 19.8 Å². The topological polar surface area (TPSA) is 111 Å². The molecule has 1 unspecified atom stereocenters. The summed E-state index contributed by atoms with van der Waals surface area (Å²) in [4.78, 5) is 37.7. The maximum Gasteiger partial charge on any atom is 0.306 e. The van der Waals surface area contributed by atoms with Crippen molar-refractivity contribution in [1.29, 1.82) is 0 Å². The smallest absolute Gasteiger partial charge is 0.306 e. The van der Waals surface area contributed by atoms with E-state index < -0.39 is 26.5 Å². The molecule has 0 N–H and O–H groups in total. The Morgan fingerprint density at radius 3 is 1.03 bits per heavy atom. The van der Waals surface area contributed by atoms with Gasteiger partial charge >= 0.3 is 11.9 Å². The molecule has 0 aliphatic rings. The number of phosphoric ester groups is 1. The van der Waals surface area contributed by atoms with Crippen molar-refractivity contribution in [3.05, 3.63) is 0 Å². The molecule has 0 bridgehead atoms. The molecule has 370 valence electrons. The van der Waals surface area contributed by atoms with Gasteiger partial charge < -0.3 is 27.9 Å². The van der Waals surface area contributed by atoms with Crippen molar-refractivity contribution in [2.24, 2.45) is 0 Å². The largest absolute Gasteiger partial charge is 0.756 e. The Balaban J connectivity index is 4.14. The fourth-order valence-corrected chi connectivity index (χ4v) is 8.68. The van der Waals surface area contributed by atoms with Crippen molar-refractivity contribution in [3.8, 4) is 0 Å². The summed E-state index contributed by atoms with van der Waals surface area (Å²) in [6.45, 7) is 4.30. The van der Waals surface area contributed by atoms with E-state index >= 15 is 0 Å². The van der Waals surface area contributed by atoms with E-state index in [9.17, 15) is 19.0 Å². The Morgan fingerprint density at radius 2 is 0.726 bits per heavy atom. The normalized spacial score (nSPS) is 13.3. The first-order valence-corrected chi connectivity index (χ1v) is 28.2. The highest BCUT2D eigenvalue weighted by molar-refractivity contribution is 7.45. The van der Waals surface area contributed by atoms with Crippen LogP contribution in [0.3, 0.4) is 0 Å². The van der Waals surface area contributed by atoms with E-state index in [0.29, 0.717) is 17.4 Å². The van der Waals surface area contributed by atoms with Crippen LogP contribution in [0.5, 0.6) is 0 Å². The lowest BCUT2D eigenvalue weighted by molar-refractivity contribution is -0.870. The molecule has 0 amide bonds. The summed E-state index contributed by atoms with van der Waals surface area (Å²) in [5, 5.41) is 0. The van der Waals surface area contributed by atoms with Crippen molar-refractivity contribution in [3.63, 3.8) is 0 Å². The lowest BCUT2D eigenvalue weighted by Gasteiger charge is -2.28. The third kappa shape index (κ3) is 48.5. The number of rotatable bonds is 50. The molecule has 0 heterocycles. The second kappa shape index (κ2) is 45.2. The van der Waals surface area contributed by atoms with Crippen LogP contribution in [0.1, 0.15) is 271 Å².